The fourth-order valence-corrected chi connectivity index (χ4v) is 4.43. The first-order chi connectivity index (χ1) is 15.0. The molecule has 1 aliphatic rings. The SMILES string of the molecule is CCN1C(=O)c2ccccc2Sc2cc(NC(=O)[C@@H](C)NC(=O)c3ccco3)ccc21. The third-order valence-corrected chi connectivity index (χ3v) is 6.03. The molecular weight excluding hydrogens is 414 g/mol. The molecule has 1 aliphatic heterocycles. The van der Waals surface area contributed by atoms with E-state index in [1.807, 2.05) is 43.3 Å². The Morgan fingerprint density at radius 1 is 1.10 bits per heavy atom. The van der Waals surface area contributed by atoms with Crippen molar-refractivity contribution in [1.29, 1.82) is 0 Å². The third kappa shape index (κ3) is 4.20. The van der Waals surface area contributed by atoms with Gasteiger partial charge in [0.25, 0.3) is 11.8 Å². The highest BCUT2D eigenvalue weighted by molar-refractivity contribution is 7.99. The molecule has 1 atom stereocenters. The Kier molecular flexibility index (Phi) is 5.81. The van der Waals surface area contributed by atoms with Crippen molar-refractivity contribution < 1.29 is 18.8 Å². The minimum Gasteiger partial charge on any atom is -0.459 e. The summed E-state index contributed by atoms with van der Waals surface area (Å²) in [5, 5.41) is 5.44. The monoisotopic (exact) mass is 435 g/mol. The highest BCUT2D eigenvalue weighted by atomic mass is 32.2. The Bertz CT molecular complexity index is 1140. The lowest BCUT2D eigenvalue weighted by Crippen LogP contribution is -2.41. The number of anilines is 2. The van der Waals surface area contributed by atoms with E-state index < -0.39 is 11.9 Å². The molecule has 158 valence electrons. The first kappa shape index (κ1) is 20.7. The predicted molar refractivity (Wildman–Crippen MR) is 119 cm³/mol. The van der Waals surface area contributed by atoms with Gasteiger partial charge in [0.1, 0.15) is 6.04 Å². The lowest BCUT2D eigenvalue weighted by molar-refractivity contribution is -0.117. The van der Waals surface area contributed by atoms with Crippen molar-refractivity contribution in [1.82, 2.24) is 5.32 Å². The highest BCUT2D eigenvalue weighted by Crippen LogP contribution is 2.42. The van der Waals surface area contributed by atoms with Gasteiger partial charge in [-0.15, -0.1) is 0 Å². The smallest absolute Gasteiger partial charge is 0.287 e. The third-order valence-electron chi connectivity index (χ3n) is 4.90. The summed E-state index contributed by atoms with van der Waals surface area (Å²) in [6, 6.07) is 15.3. The second-order valence-electron chi connectivity index (χ2n) is 6.99. The lowest BCUT2D eigenvalue weighted by Gasteiger charge is -2.22. The van der Waals surface area contributed by atoms with Gasteiger partial charge in [-0.05, 0) is 56.3 Å². The molecule has 0 unspecified atom stereocenters. The standard InChI is InChI=1S/C23H21N3O4S/c1-3-26-17-11-10-15(13-20(17)31-19-9-5-4-7-16(19)23(26)29)25-21(27)14(2)24-22(28)18-8-6-12-30-18/h4-14H,3H2,1-2H3,(H,24,28)(H,25,27)/t14-/m1/s1. The summed E-state index contributed by atoms with van der Waals surface area (Å²) in [6.45, 7) is 4.06. The van der Waals surface area contributed by atoms with E-state index in [0.29, 0.717) is 17.8 Å². The number of carbonyl (C=O) groups is 3. The maximum atomic E-state index is 13.0. The summed E-state index contributed by atoms with van der Waals surface area (Å²) in [5.41, 5.74) is 2.04. The number of amides is 3. The van der Waals surface area contributed by atoms with Crippen LogP contribution in [0.25, 0.3) is 0 Å². The summed E-state index contributed by atoms with van der Waals surface area (Å²) in [7, 11) is 0. The van der Waals surface area contributed by atoms with Crippen molar-refractivity contribution in [2.24, 2.45) is 0 Å². The van der Waals surface area contributed by atoms with Gasteiger partial charge < -0.3 is 20.0 Å². The number of rotatable bonds is 5. The number of furan rings is 1. The normalized spacial score (nSPS) is 13.6. The molecule has 0 fully saturated rings. The van der Waals surface area contributed by atoms with Crippen LogP contribution in [0.1, 0.15) is 34.8 Å². The van der Waals surface area contributed by atoms with Crippen LogP contribution in [0.5, 0.6) is 0 Å². The van der Waals surface area contributed by atoms with Crippen molar-refractivity contribution >= 4 is 40.9 Å². The summed E-state index contributed by atoms with van der Waals surface area (Å²) in [5.74, 6) is -0.722. The van der Waals surface area contributed by atoms with E-state index >= 15 is 0 Å². The number of nitrogens with zero attached hydrogens (tertiary/aromatic N) is 1. The van der Waals surface area contributed by atoms with Gasteiger partial charge in [0.05, 0.1) is 17.5 Å². The number of fused-ring (bicyclic) bond motifs is 2. The largest absolute Gasteiger partial charge is 0.459 e. The van der Waals surface area contributed by atoms with E-state index in [9.17, 15) is 14.4 Å². The highest BCUT2D eigenvalue weighted by Gasteiger charge is 2.26. The lowest BCUT2D eigenvalue weighted by atomic mass is 10.1. The fraction of sp³-hybridized carbons (Fsp3) is 0.174. The van der Waals surface area contributed by atoms with Crippen molar-refractivity contribution in [3.63, 3.8) is 0 Å². The van der Waals surface area contributed by atoms with Crippen LogP contribution in [0.4, 0.5) is 11.4 Å². The molecule has 3 amide bonds. The van der Waals surface area contributed by atoms with Gasteiger partial charge in [0.15, 0.2) is 5.76 Å². The van der Waals surface area contributed by atoms with Crippen molar-refractivity contribution in [3.8, 4) is 0 Å². The number of hydrogen-bond acceptors (Lipinski definition) is 5. The molecule has 0 aliphatic carbocycles. The molecule has 2 aromatic carbocycles. The first-order valence-electron chi connectivity index (χ1n) is 9.86. The molecule has 8 heteroatoms. The van der Waals surface area contributed by atoms with Crippen LogP contribution in [0.2, 0.25) is 0 Å². The Hall–Kier alpha value is -3.52. The number of carbonyl (C=O) groups excluding carboxylic acids is 3. The first-order valence-corrected chi connectivity index (χ1v) is 10.7. The summed E-state index contributed by atoms with van der Waals surface area (Å²) in [4.78, 5) is 41.1. The minimum atomic E-state index is -0.765. The van der Waals surface area contributed by atoms with E-state index in [1.54, 1.807) is 24.0 Å². The maximum absolute atomic E-state index is 13.0. The molecular formula is C23H21N3O4S. The Morgan fingerprint density at radius 3 is 2.65 bits per heavy atom. The number of nitrogens with one attached hydrogen (secondary N) is 2. The zero-order chi connectivity index (χ0) is 22.0. The molecule has 4 rings (SSSR count). The average molecular weight is 436 g/mol. The van der Waals surface area contributed by atoms with E-state index in [-0.39, 0.29) is 17.6 Å². The van der Waals surface area contributed by atoms with E-state index in [2.05, 4.69) is 10.6 Å². The van der Waals surface area contributed by atoms with Gasteiger partial charge in [0.2, 0.25) is 5.91 Å². The van der Waals surface area contributed by atoms with Crippen molar-refractivity contribution in [2.45, 2.75) is 29.7 Å². The van der Waals surface area contributed by atoms with Gasteiger partial charge in [-0.1, -0.05) is 23.9 Å². The number of hydrogen-bond donors (Lipinski definition) is 2. The van der Waals surface area contributed by atoms with Crippen molar-refractivity contribution in [3.05, 3.63) is 72.2 Å². The molecule has 7 nitrogen and oxygen atoms in total. The predicted octanol–water partition coefficient (Wildman–Crippen LogP) is 4.17. The Morgan fingerprint density at radius 2 is 1.90 bits per heavy atom. The van der Waals surface area contributed by atoms with Gasteiger partial charge >= 0.3 is 0 Å². The molecule has 2 N–H and O–H groups in total. The molecule has 1 aromatic heterocycles. The molecule has 0 radical (unpaired) electrons. The van der Waals surface area contributed by atoms with Gasteiger partial charge in [-0.3, -0.25) is 14.4 Å². The van der Waals surface area contributed by atoms with Crippen LogP contribution < -0.4 is 15.5 Å². The molecule has 0 saturated heterocycles. The van der Waals surface area contributed by atoms with E-state index in [4.69, 9.17) is 4.42 Å². The molecule has 2 heterocycles. The van der Waals surface area contributed by atoms with Crippen LogP contribution in [0.15, 0.2) is 75.1 Å². The van der Waals surface area contributed by atoms with Crippen LogP contribution >= 0.6 is 11.8 Å². The second kappa shape index (κ2) is 8.69. The Labute approximate surface area is 183 Å². The van der Waals surface area contributed by atoms with E-state index in [1.165, 1.54) is 24.1 Å². The topological polar surface area (TPSA) is 91.7 Å². The molecule has 31 heavy (non-hydrogen) atoms. The molecule has 0 spiro atoms. The van der Waals surface area contributed by atoms with E-state index in [0.717, 1.165) is 15.5 Å². The van der Waals surface area contributed by atoms with Gasteiger partial charge in [-0.25, -0.2) is 0 Å². The zero-order valence-electron chi connectivity index (χ0n) is 17.0. The summed E-state index contributed by atoms with van der Waals surface area (Å²) in [6.07, 6.45) is 1.40. The van der Waals surface area contributed by atoms with Gasteiger partial charge in [-0.2, -0.15) is 0 Å². The van der Waals surface area contributed by atoms with Crippen LogP contribution in [-0.4, -0.2) is 30.3 Å². The van der Waals surface area contributed by atoms with Crippen molar-refractivity contribution in [2.75, 3.05) is 16.8 Å². The molecule has 0 bridgehead atoms. The maximum Gasteiger partial charge on any atom is 0.287 e. The quantitative estimate of drug-likeness (QED) is 0.628. The summed E-state index contributed by atoms with van der Waals surface area (Å²) < 4.78 is 5.05. The molecule has 3 aromatic rings. The molecule has 0 saturated carbocycles. The zero-order valence-corrected chi connectivity index (χ0v) is 17.9. The Balaban J connectivity index is 1.54. The van der Waals surface area contributed by atoms with Crippen LogP contribution in [-0.2, 0) is 4.79 Å². The van der Waals surface area contributed by atoms with Crippen LogP contribution in [0.3, 0.4) is 0 Å². The number of benzene rings is 2. The summed E-state index contributed by atoms with van der Waals surface area (Å²) >= 11 is 1.49. The van der Waals surface area contributed by atoms with Gasteiger partial charge in [0, 0.05) is 22.0 Å². The second-order valence-corrected chi connectivity index (χ2v) is 8.08. The van der Waals surface area contributed by atoms with Crippen LogP contribution in [0, 0.1) is 0 Å². The fourth-order valence-electron chi connectivity index (χ4n) is 3.31. The average Bonchev–Trinajstić information content (AvgIpc) is 3.27. The minimum absolute atomic E-state index is 0.0459.